The van der Waals surface area contributed by atoms with E-state index in [-0.39, 0.29) is 0 Å². The van der Waals surface area contributed by atoms with E-state index in [4.69, 9.17) is 0 Å². The van der Waals surface area contributed by atoms with E-state index < -0.39 is 0 Å². The molecule has 5 heteroatoms. The zero-order valence-corrected chi connectivity index (χ0v) is 17.3. The smallest absolute Gasteiger partial charge is 0.102 e. The second-order valence-electron chi connectivity index (χ2n) is 6.01. The average molecular weight is 398 g/mol. The maximum absolute atomic E-state index is 4.18. The third-order valence-electron chi connectivity index (χ3n) is 3.78. The fourth-order valence-electron chi connectivity index (χ4n) is 2.28. The topological polar surface area (TPSA) is 66.5 Å². The van der Waals surface area contributed by atoms with Gasteiger partial charge in [0.15, 0.2) is 0 Å². The summed E-state index contributed by atoms with van der Waals surface area (Å²) >= 11 is 0. The van der Waals surface area contributed by atoms with Crippen LogP contribution in [-0.4, -0.2) is 27.0 Å². The highest BCUT2D eigenvalue weighted by atomic mass is 14.9. The Hall–Kier alpha value is -3.99. The predicted molar refractivity (Wildman–Crippen MR) is 125 cm³/mol. The Balaban J connectivity index is 0.000000146. The molecule has 3 aromatic heterocycles. The summed E-state index contributed by atoms with van der Waals surface area (Å²) in [6.07, 6.45) is 8.84. The number of fused-ring (bicyclic) bond motifs is 1. The fraction of sp³-hybridized carbons (Fsp3) is 0.0800. The number of para-hydroxylation sites is 2. The quantitative estimate of drug-likeness (QED) is 0.377. The number of nitrogens with one attached hydrogen (secondary N) is 2. The van der Waals surface area contributed by atoms with Crippen molar-refractivity contribution in [1.29, 1.82) is 0 Å². The number of imidazole rings is 1. The van der Waals surface area contributed by atoms with Crippen molar-refractivity contribution in [2.75, 3.05) is 12.4 Å². The minimum Gasteiger partial charge on any atom is -0.388 e. The van der Waals surface area contributed by atoms with Gasteiger partial charge in [-0.2, -0.15) is 0 Å². The van der Waals surface area contributed by atoms with Crippen LogP contribution in [0.5, 0.6) is 0 Å². The first-order valence-corrected chi connectivity index (χ1v) is 9.63. The molecule has 0 spiro atoms. The van der Waals surface area contributed by atoms with Gasteiger partial charge >= 0.3 is 0 Å². The molecule has 3 heterocycles. The Bertz CT molecular complexity index is 941. The van der Waals surface area contributed by atoms with E-state index in [2.05, 4.69) is 37.4 Å². The van der Waals surface area contributed by atoms with E-state index in [1.807, 2.05) is 93.0 Å². The minimum absolute atomic E-state index is 0.968. The van der Waals surface area contributed by atoms with E-state index in [1.54, 1.807) is 24.8 Å². The van der Waals surface area contributed by atoms with Gasteiger partial charge in [0.25, 0.3) is 0 Å². The Kier molecular flexibility index (Phi) is 10.5. The maximum atomic E-state index is 4.18. The second-order valence-corrected chi connectivity index (χ2v) is 6.01. The van der Waals surface area contributed by atoms with Crippen molar-refractivity contribution in [3.8, 4) is 0 Å². The number of hydrogen-bond donors (Lipinski definition) is 2. The third kappa shape index (κ3) is 9.28. The molecule has 5 aromatic rings. The summed E-state index contributed by atoms with van der Waals surface area (Å²) in [5, 5.41) is 4.23. The summed E-state index contributed by atoms with van der Waals surface area (Å²) in [6, 6.07) is 27.9. The van der Waals surface area contributed by atoms with E-state index in [9.17, 15) is 0 Å². The number of H-pyrrole nitrogens is 1. The first-order valence-electron chi connectivity index (χ1n) is 9.63. The van der Waals surface area contributed by atoms with Gasteiger partial charge in [0, 0.05) is 49.1 Å². The van der Waals surface area contributed by atoms with Crippen molar-refractivity contribution in [3.05, 3.63) is 122 Å². The zero-order valence-electron chi connectivity index (χ0n) is 17.3. The summed E-state index contributed by atoms with van der Waals surface area (Å²) in [4.78, 5) is 14.7. The van der Waals surface area contributed by atoms with E-state index in [1.165, 1.54) is 5.39 Å². The van der Waals surface area contributed by atoms with Crippen LogP contribution < -0.4 is 5.32 Å². The van der Waals surface area contributed by atoms with Gasteiger partial charge in [-0.05, 0) is 43.3 Å². The summed E-state index contributed by atoms with van der Waals surface area (Å²) in [6.45, 7) is 1.92. The lowest BCUT2D eigenvalue weighted by Crippen LogP contribution is -1.84. The molecular weight excluding hydrogens is 370 g/mol. The molecule has 5 nitrogen and oxygen atoms in total. The lowest BCUT2D eigenvalue weighted by atomic mass is 10.2. The molecular formula is C25H27N5. The van der Waals surface area contributed by atoms with Gasteiger partial charge in [0.2, 0.25) is 0 Å². The molecule has 0 bridgehead atoms. The molecule has 152 valence electrons. The largest absolute Gasteiger partial charge is 0.388 e. The molecule has 0 unspecified atom stereocenters. The molecule has 0 fully saturated rings. The Morgan fingerprint density at radius 1 is 0.667 bits per heavy atom. The summed E-state index contributed by atoms with van der Waals surface area (Å²) in [7, 11) is 1.91. The summed E-state index contributed by atoms with van der Waals surface area (Å²) < 4.78 is 0. The molecule has 2 N–H and O–H groups in total. The van der Waals surface area contributed by atoms with Gasteiger partial charge in [0.1, 0.15) is 5.82 Å². The molecule has 30 heavy (non-hydrogen) atoms. The number of benzene rings is 2. The van der Waals surface area contributed by atoms with Crippen molar-refractivity contribution in [2.24, 2.45) is 0 Å². The number of aromatic nitrogens is 4. The van der Waals surface area contributed by atoms with Gasteiger partial charge in [-0.25, -0.2) is 4.98 Å². The zero-order chi connectivity index (χ0) is 21.3. The number of pyridine rings is 2. The molecule has 0 amide bonds. The van der Waals surface area contributed by atoms with Gasteiger partial charge < -0.3 is 10.3 Å². The normalized spacial score (nSPS) is 9.00. The minimum atomic E-state index is 0.968. The average Bonchev–Trinajstić information content (AvgIpc) is 3.33. The van der Waals surface area contributed by atoms with Crippen molar-refractivity contribution in [3.63, 3.8) is 0 Å². The number of rotatable bonds is 1. The molecule has 0 aliphatic carbocycles. The predicted octanol–water partition coefficient (Wildman–Crippen LogP) is 5.76. The van der Waals surface area contributed by atoms with Gasteiger partial charge in [-0.15, -0.1) is 0 Å². The Morgan fingerprint density at radius 3 is 1.80 bits per heavy atom. The van der Waals surface area contributed by atoms with Crippen LogP contribution in [-0.2, 0) is 0 Å². The molecule has 0 aliphatic heterocycles. The Labute approximate surface area is 177 Å². The summed E-state index contributed by atoms with van der Waals surface area (Å²) in [5.74, 6) is 0.968. The first kappa shape index (κ1) is 22.3. The highest BCUT2D eigenvalue weighted by molar-refractivity contribution is 5.77. The SMILES string of the molecule is CNc1ccccc1.Cc1ncc[nH]1.c1ccc2ncccc2c1.c1ccncc1. The maximum Gasteiger partial charge on any atom is 0.102 e. The van der Waals surface area contributed by atoms with Gasteiger partial charge in [-0.3, -0.25) is 9.97 Å². The number of hydrogen-bond acceptors (Lipinski definition) is 4. The first-order chi connectivity index (χ1) is 14.8. The van der Waals surface area contributed by atoms with Crippen LogP contribution in [0.1, 0.15) is 5.82 Å². The molecule has 0 saturated heterocycles. The fourth-order valence-corrected chi connectivity index (χ4v) is 2.28. The van der Waals surface area contributed by atoms with Crippen molar-refractivity contribution in [1.82, 2.24) is 19.9 Å². The lowest BCUT2D eigenvalue weighted by molar-refractivity contribution is 1.15. The Morgan fingerprint density at radius 2 is 1.33 bits per heavy atom. The van der Waals surface area contributed by atoms with Crippen LogP contribution in [0.3, 0.4) is 0 Å². The second kappa shape index (κ2) is 14.1. The van der Waals surface area contributed by atoms with Crippen LogP contribution >= 0.6 is 0 Å². The highest BCUT2D eigenvalue weighted by Gasteiger charge is 1.86. The number of aromatic amines is 1. The number of nitrogens with zero attached hydrogens (tertiary/aromatic N) is 3. The monoisotopic (exact) mass is 397 g/mol. The van der Waals surface area contributed by atoms with Crippen LogP contribution in [0.15, 0.2) is 116 Å². The van der Waals surface area contributed by atoms with E-state index in [0.717, 1.165) is 17.0 Å². The van der Waals surface area contributed by atoms with Crippen molar-refractivity contribution in [2.45, 2.75) is 6.92 Å². The number of aryl methyl sites for hydroxylation is 1. The molecule has 2 aromatic carbocycles. The number of anilines is 1. The van der Waals surface area contributed by atoms with Crippen LogP contribution in [0.25, 0.3) is 10.9 Å². The van der Waals surface area contributed by atoms with Crippen LogP contribution in [0, 0.1) is 6.92 Å². The molecule has 0 saturated carbocycles. The summed E-state index contributed by atoms with van der Waals surface area (Å²) in [5.41, 5.74) is 2.22. The molecule has 0 aliphatic rings. The highest BCUT2D eigenvalue weighted by Crippen LogP contribution is 2.07. The van der Waals surface area contributed by atoms with Gasteiger partial charge in [0.05, 0.1) is 5.52 Å². The van der Waals surface area contributed by atoms with E-state index >= 15 is 0 Å². The third-order valence-corrected chi connectivity index (χ3v) is 3.78. The van der Waals surface area contributed by atoms with Crippen molar-refractivity contribution < 1.29 is 0 Å². The van der Waals surface area contributed by atoms with Gasteiger partial charge in [-0.1, -0.05) is 48.5 Å². The van der Waals surface area contributed by atoms with E-state index in [0.29, 0.717) is 0 Å². The molecule has 0 radical (unpaired) electrons. The van der Waals surface area contributed by atoms with Crippen molar-refractivity contribution >= 4 is 16.6 Å². The molecule has 0 atom stereocenters. The van der Waals surface area contributed by atoms with Crippen LogP contribution in [0.4, 0.5) is 5.69 Å². The standard InChI is InChI=1S/C9H7N.C7H9N.C5H5N.C4H6N2/c1-2-6-9-8(4-1)5-3-7-10-9;1-8-7-5-3-2-4-6-7;1-2-4-6-5-3-1;1-4-5-2-3-6-4/h1-7H;2-6,8H,1H3;1-5H;2-3H,1H3,(H,5,6). The van der Waals surface area contributed by atoms with Crippen LogP contribution in [0.2, 0.25) is 0 Å². The lowest BCUT2D eigenvalue weighted by Gasteiger charge is -1.94. The molecule has 5 rings (SSSR count).